The van der Waals surface area contributed by atoms with Crippen molar-refractivity contribution in [2.24, 2.45) is 0 Å². The molecule has 1 unspecified atom stereocenters. The first kappa shape index (κ1) is 17.1. The van der Waals surface area contributed by atoms with Crippen LogP contribution >= 0.6 is 0 Å². The van der Waals surface area contributed by atoms with Crippen LogP contribution < -0.4 is 5.32 Å². The predicted molar refractivity (Wildman–Crippen MR) is 97.0 cm³/mol. The molecule has 0 aliphatic heterocycles. The Morgan fingerprint density at radius 3 is 2.40 bits per heavy atom. The molecule has 0 aliphatic rings. The van der Waals surface area contributed by atoms with Gasteiger partial charge in [0.25, 0.3) is 0 Å². The van der Waals surface area contributed by atoms with Gasteiger partial charge in [0.15, 0.2) is 0 Å². The summed E-state index contributed by atoms with van der Waals surface area (Å²) >= 11 is 0. The van der Waals surface area contributed by atoms with E-state index in [0.29, 0.717) is 28.8 Å². The third-order valence-corrected chi connectivity index (χ3v) is 4.20. The summed E-state index contributed by atoms with van der Waals surface area (Å²) in [5.41, 5.74) is 3.47. The van der Waals surface area contributed by atoms with Crippen LogP contribution in [0.25, 0.3) is 11.4 Å². The standard InChI is InChI=1S/C20H22FN3O/c1-12(2)15-7-9-17(10-8-15)22-14(4)20-23-19(24-25-20)16-6-5-13(3)18(21)11-16/h5-12,14,22H,1-4H3. The molecule has 4 nitrogen and oxygen atoms in total. The van der Waals surface area contributed by atoms with Crippen LogP contribution in [0.4, 0.5) is 10.1 Å². The van der Waals surface area contributed by atoms with Crippen LogP contribution in [-0.2, 0) is 0 Å². The number of nitrogens with one attached hydrogen (secondary N) is 1. The van der Waals surface area contributed by atoms with E-state index in [9.17, 15) is 4.39 Å². The van der Waals surface area contributed by atoms with E-state index in [1.54, 1.807) is 19.1 Å². The lowest BCUT2D eigenvalue weighted by Crippen LogP contribution is -2.07. The Labute approximate surface area is 147 Å². The summed E-state index contributed by atoms with van der Waals surface area (Å²) in [5.74, 6) is 1.07. The van der Waals surface area contributed by atoms with E-state index < -0.39 is 0 Å². The Bertz CT molecular complexity index is 856. The lowest BCUT2D eigenvalue weighted by Gasteiger charge is -2.12. The zero-order chi connectivity index (χ0) is 18.0. The minimum Gasteiger partial charge on any atom is -0.374 e. The summed E-state index contributed by atoms with van der Waals surface area (Å²) in [7, 11) is 0. The van der Waals surface area contributed by atoms with Gasteiger partial charge >= 0.3 is 0 Å². The second-order valence-electron chi connectivity index (χ2n) is 6.56. The highest BCUT2D eigenvalue weighted by molar-refractivity contribution is 5.55. The van der Waals surface area contributed by atoms with Crippen LogP contribution in [0.2, 0.25) is 0 Å². The summed E-state index contributed by atoms with van der Waals surface area (Å²) in [4.78, 5) is 4.39. The lowest BCUT2D eigenvalue weighted by atomic mass is 10.0. The zero-order valence-electron chi connectivity index (χ0n) is 14.9. The van der Waals surface area contributed by atoms with Crippen molar-refractivity contribution in [3.05, 3.63) is 65.3 Å². The summed E-state index contributed by atoms with van der Waals surface area (Å²) in [6.45, 7) is 8.00. The second kappa shape index (κ2) is 7.05. The maximum absolute atomic E-state index is 13.7. The van der Waals surface area contributed by atoms with Crippen LogP contribution in [-0.4, -0.2) is 10.1 Å². The van der Waals surface area contributed by atoms with Gasteiger partial charge in [-0.15, -0.1) is 0 Å². The monoisotopic (exact) mass is 339 g/mol. The first-order chi connectivity index (χ1) is 11.9. The highest BCUT2D eigenvalue weighted by atomic mass is 19.1. The third-order valence-electron chi connectivity index (χ3n) is 4.20. The van der Waals surface area contributed by atoms with Gasteiger partial charge in [-0.25, -0.2) is 4.39 Å². The lowest BCUT2D eigenvalue weighted by molar-refractivity contribution is 0.368. The van der Waals surface area contributed by atoms with E-state index >= 15 is 0 Å². The smallest absolute Gasteiger partial charge is 0.249 e. The molecule has 0 spiro atoms. The average molecular weight is 339 g/mol. The van der Waals surface area contributed by atoms with Crippen molar-refractivity contribution in [3.8, 4) is 11.4 Å². The molecule has 3 rings (SSSR count). The molecule has 0 aliphatic carbocycles. The number of halogens is 1. The molecule has 3 aromatic rings. The molecule has 5 heteroatoms. The van der Waals surface area contributed by atoms with Crippen molar-refractivity contribution in [3.63, 3.8) is 0 Å². The molecule has 25 heavy (non-hydrogen) atoms. The largest absolute Gasteiger partial charge is 0.374 e. The molecule has 0 saturated heterocycles. The Balaban J connectivity index is 1.73. The van der Waals surface area contributed by atoms with Gasteiger partial charge in [0.1, 0.15) is 11.9 Å². The van der Waals surface area contributed by atoms with E-state index in [1.165, 1.54) is 11.6 Å². The first-order valence-electron chi connectivity index (χ1n) is 8.40. The maximum atomic E-state index is 13.7. The molecule has 1 aromatic heterocycles. The SMILES string of the molecule is Cc1ccc(-c2noc(C(C)Nc3ccc(C(C)C)cc3)n2)cc1F. The highest BCUT2D eigenvalue weighted by Crippen LogP contribution is 2.24. The number of aryl methyl sites for hydroxylation is 1. The molecule has 0 bridgehead atoms. The first-order valence-corrected chi connectivity index (χ1v) is 8.40. The van der Waals surface area contributed by atoms with Crippen LogP contribution in [0.15, 0.2) is 47.0 Å². The molecular weight excluding hydrogens is 317 g/mol. The van der Waals surface area contributed by atoms with Gasteiger partial charge in [0.2, 0.25) is 11.7 Å². The zero-order valence-corrected chi connectivity index (χ0v) is 14.9. The molecule has 1 N–H and O–H groups in total. The van der Waals surface area contributed by atoms with Crippen molar-refractivity contribution in [2.75, 3.05) is 5.32 Å². The molecule has 1 atom stereocenters. The van der Waals surface area contributed by atoms with Crippen molar-refractivity contribution in [2.45, 2.75) is 39.7 Å². The number of rotatable bonds is 5. The van der Waals surface area contributed by atoms with Gasteiger partial charge in [-0.3, -0.25) is 0 Å². The van der Waals surface area contributed by atoms with Crippen LogP contribution in [0.3, 0.4) is 0 Å². The summed E-state index contributed by atoms with van der Waals surface area (Å²) in [6, 6.07) is 13.1. The number of hydrogen-bond acceptors (Lipinski definition) is 4. The number of anilines is 1. The van der Waals surface area contributed by atoms with E-state index in [4.69, 9.17) is 4.52 Å². The molecule has 0 amide bonds. The topological polar surface area (TPSA) is 51.0 Å². The van der Waals surface area contributed by atoms with Crippen LogP contribution in [0.1, 0.15) is 49.7 Å². The Morgan fingerprint density at radius 1 is 1.04 bits per heavy atom. The fraction of sp³-hybridized carbons (Fsp3) is 0.300. The Hall–Kier alpha value is -2.69. The number of benzene rings is 2. The van der Waals surface area contributed by atoms with E-state index in [-0.39, 0.29) is 11.9 Å². The summed E-state index contributed by atoms with van der Waals surface area (Å²) in [5, 5.41) is 7.30. The minimum atomic E-state index is -0.278. The quantitative estimate of drug-likeness (QED) is 0.668. The predicted octanol–water partition coefficient (Wildman–Crippen LogP) is 5.48. The van der Waals surface area contributed by atoms with Crippen LogP contribution in [0.5, 0.6) is 0 Å². The summed E-state index contributed by atoms with van der Waals surface area (Å²) < 4.78 is 19.0. The second-order valence-corrected chi connectivity index (χ2v) is 6.56. The van der Waals surface area contributed by atoms with E-state index in [0.717, 1.165) is 5.69 Å². The van der Waals surface area contributed by atoms with Gasteiger partial charge in [-0.05, 0) is 49.1 Å². The van der Waals surface area contributed by atoms with E-state index in [1.807, 2.05) is 19.1 Å². The van der Waals surface area contributed by atoms with Crippen molar-refractivity contribution < 1.29 is 8.91 Å². The Kier molecular flexibility index (Phi) is 4.83. The van der Waals surface area contributed by atoms with Crippen LogP contribution in [0, 0.1) is 12.7 Å². The van der Waals surface area contributed by atoms with Gasteiger partial charge < -0.3 is 9.84 Å². The number of aromatic nitrogens is 2. The molecule has 0 radical (unpaired) electrons. The number of hydrogen-bond donors (Lipinski definition) is 1. The summed E-state index contributed by atoms with van der Waals surface area (Å²) in [6.07, 6.45) is 0. The van der Waals surface area contributed by atoms with Crippen molar-refractivity contribution in [1.29, 1.82) is 0 Å². The molecule has 0 saturated carbocycles. The van der Waals surface area contributed by atoms with Gasteiger partial charge in [-0.2, -0.15) is 4.98 Å². The van der Waals surface area contributed by atoms with Gasteiger partial charge in [0.05, 0.1) is 0 Å². The van der Waals surface area contributed by atoms with Gasteiger partial charge in [-0.1, -0.05) is 43.3 Å². The van der Waals surface area contributed by atoms with Gasteiger partial charge in [0, 0.05) is 11.3 Å². The highest BCUT2D eigenvalue weighted by Gasteiger charge is 2.16. The van der Waals surface area contributed by atoms with E-state index in [2.05, 4.69) is 41.4 Å². The molecule has 0 fully saturated rings. The fourth-order valence-electron chi connectivity index (χ4n) is 2.54. The average Bonchev–Trinajstić information content (AvgIpc) is 3.08. The van der Waals surface area contributed by atoms with Crippen molar-refractivity contribution >= 4 is 5.69 Å². The molecule has 2 aromatic carbocycles. The molecular formula is C20H22FN3O. The minimum absolute atomic E-state index is 0.151. The van der Waals surface area contributed by atoms with Crippen molar-refractivity contribution in [1.82, 2.24) is 10.1 Å². The maximum Gasteiger partial charge on any atom is 0.249 e. The molecule has 1 heterocycles. The molecule has 130 valence electrons. The normalized spacial score (nSPS) is 12.4. The third kappa shape index (κ3) is 3.87. The Morgan fingerprint density at radius 2 is 1.76 bits per heavy atom. The number of nitrogens with zero attached hydrogens (tertiary/aromatic N) is 2. The fourth-order valence-corrected chi connectivity index (χ4v) is 2.54.